The first-order chi connectivity index (χ1) is 8.99. The van der Waals surface area contributed by atoms with E-state index in [4.69, 9.17) is 0 Å². The molecule has 1 saturated heterocycles. The van der Waals surface area contributed by atoms with Gasteiger partial charge in [0.2, 0.25) is 5.91 Å². The molecule has 0 bridgehead atoms. The van der Waals surface area contributed by atoms with E-state index in [0.29, 0.717) is 12.6 Å². The van der Waals surface area contributed by atoms with Crippen LogP contribution in [0.2, 0.25) is 0 Å². The fourth-order valence-corrected chi connectivity index (χ4v) is 2.44. The van der Waals surface area contributed by atoms with Crippen LogP contribution in [0.4, 0.5) is 5.69 Å². The minimum absolute atomic E-state index is 0.0351. The quantitative estimate of drug-likeness (QED) is 0.823. The van der Waals surface area contributed by atoms with Gasteiger partial charge in [-0.1, -0.05) is 0 Å². The van der Waals surface area contributed by atoms with Crippen LogP contribution in [0.5, 0.6) is 0 Å². The van der Waals surface area contributed by atoms with E-state index in [2.05, 4.69) is 27.6 Å². The Labute approximate surface area is 114 Å². The van der Waals surface area contributed by atoms with E-state index < -0.39 is 0 Å². The first-order valence-electron chi connectivity index (χ1n) is 6.74. The van der Waals surface area contributed by atoms with Crippen molar-refractivity contribution in [3.63, 3.8) is 0 Å². The second-order valence-corrected chi connectivity index (χ2v) is 5.24. The predicted molar refractivity (Wildman–Crippen MR) is 75.2 cm³/mol. The molecule has 0 saturated carbocycles. The van der Waals surface area contributed by atoms with E-state index in [0.717, 1.165) is 36.7 Å². The molecule has 0 aliphatic carbocycles. The zero-order chi connectivity index (χ0) is 14.0. The Morgan fingerprint density at radius 3 is 2.84 bits per heavy atom. The summed E-state index contributed by atoms with van der Waals surface area (Å²) in [6, 6.07) is 0.399. The molecular weight excluding hydrogens is 242 g/mol. The maximum absolute atomic E-state index is 12.1. The summed E-state index contributed by atoms with van der Waals surface area (Å²) in [5, 5.41) is 10.6. The molecule has 2 N–H and O–H groups in total. The minimum Gasteiger partial charge on any atom is -0.322 e. The summed E-state index contributed by atoms with van der Waals surface area (Å²) in [6.07, 6.45) is 0. The number of piperazine rings is 1. The number of carbonyl (C=O) groups excluding carboxylic acids is 1. The molecule has 1 fully saturated rings. The number of aryl methyl sites for hydroxylation is 2. The summed E-state index contributed by atoms with van der Waals surface area (Å²) in [5.41, 5.74) is 2.69. The van der Waals surface area contributed by atoms with Crippen molar-refractivity contribution in [1.82, 2.24) is 20.0 Å². The number of nitrogens with one attached hydrogen (secondary N) is 2. The largest absolute Gasteiger partial charge is 0.322 e. The molecule has 1 aromatic heterocycles. The van der Waals surface area contributed by atoms with Gasteiger partial charge in [0.15, 0.2) is 0 Å². The number of carbonyl (C=O) groups is 1. The predicted octanol–water partition coefficient (Wildman–Crippen LogP) is 0.269. The third-order valence-electron chi connectivity index (χ3n) is 3.76. The number of hydrogen-bond acceptors (Lipinski definition) is 4. The molecule has 1 amide bonds. The van der Waals surface area contributed by atoms with Crippen LogP contribution in [0.1, 0.15) is 18.3 Å². The van der Waals surface area contributed by atoms with E-state index in [1.54, 1.807) is 4.68 Å². The maximum Gasteiger partial charge on any atom is 0.238 e. The van der Waals surface area contributed by atoms with Crippen LogP contribution in [0.3, 0.4) is 0 Å². The van der Waals surface area contributed by atoms with Gasteiger partial charge >= 0.3 is 0 Å². The highest BCUT2D eigenvalue weighted by molar-refractivity contribution is 5.93. The standard InChI is InChI=1S/C13H23N5O/c1-9-7-14-5-6-18(9)8-12(19)15-13-10(2)16-17(4)11(13)3/h9,14H,5-8H2,1-4H3,(H,15,19). The van der Waals surface area contributed by atoms with Crippen molar-refractivity contribution in [1.29, 1.82) is 0 Å². The van der Waals surface area contributed by atoms with Crippen molar-refractivity contribution in [3.8, 4) is 0 Å². The fraction of sp³-hybridized carbons (Fsp3) is 0.692. The van der Waals surface area contributed by atoms with E-state index in [1.165, 1.54) is 0 Å². The molecule has 0 aromatic carbocycles. The van der Waals surface area contributed by atoms with Crippen LogP contribution < -0.4 is 10.6 Å². The third kappa shape index (κ3) is 3.13. The Hall–Kier alpha value is -1.40. The Kier molecular flexibility index (Phi) is 4.21. The van der Waals surface area contributed by atoms with Crippen LogP contribution >= 0.6 is 0 Å². The van der Waals surface area contributed by atoms with Crippen molar-refractivity contribution < 1.29 is 4.79 Å². The topological polar surface area (TPSA) is 62.2 Å². The lowest BCUT2D eigenvalue weighted by atomic mass is 10.2. The van der Waals surface area contributed by atoms with Crippen LogP contribution in [0.15, 0.2) is 0 Å². The van der Waals surface area contributed by atoms with E-state index in [-0.39, 0.29) is 5.91 Å². The zero-order valence-corrected chi connectivity index (χ0v) is 12.2. The van der Waals surface area contributed by atoms with Gasteiger partial charge in [-0.25, -0.2) is 0 Å². The molecular formula is C13H23N5O. The van der Waals surface area contributed by atoms with Crippen LogP contribution in [-0.2, 0) is 11.8 Å². The third-order valence-corrected chi connectivity index (χ3v) is 3.76. The van der Waals surface area contributed by atoms with Gasteiger partial charge in [-0.2, -0.15) is 5.10 Å². The van der Waals surface area contributed by atoms with E-state index in [9.17, 15) is 4.79 Å². The highest BCUT2D eigenvalue weighted by atomic mass is 16.2. The van der Waals surface area contributed by atoms with Gasteiger partial charge in [-0.3, -0.25) is 14.4 Å². The molecule has 1 atom stereocenters. The van der Waals surface area contributed by atoms with Crippen molar-refractivity contribution in [3.05, 3.63) is 11.4 Å². The van der Waals surface area contributed by atoms with Gasteiger partial charge in [0.25, 0.3) is 0 Å². The average Bonchev–Trinajstić information content (AvgIpc) is 2.59. The van der Waals surface area contributed by atoms with Crippen molar-refractivity contribution in [2.45, 2.75) is 26.8 Å². The lowest BCUT2D eigenvalue weighted by molar-refractivity contribution is -0.118. The van der Waals surface area contributed by atoms with Gasteiger partial charge in [-0.05, 0) is 20.8 Å². The van der Waals surface area contributed by atoms with Crippen LogP contribution in [-0.4, -0.2) is 52.8 Å². The van der Waals surface area contributed by atoms with Gasteiger partial charge in [-0.15, -0.1) is 0 Å². The molecule has 106 valence electrons. The van der Waals surface area contributed by atoms with Gasteiger partial charge < -0.3 is 10.6 Å². The molecule has 6 nitrogen and oxygen atoms in total. The summed E-state index contributed by atoms with van der Waals surface area (Å²) in [7, 11) is 1.89. The van der Waals surface area contributed by atoms with Gasteiger partial charge in [0, 0.05) is 32.7 Å². The van der Waals surface area contributed by atoms with E-state index >= 15 is 0 Å². The number of amides is 1. The Morgan fingerprint density at radius 1 is 1.53 bits per heavy atom. The Balaban J connectivity index is 1.97. The molecule has 1 aliphatic heterocycles. The molecule has 1 aliphatic rings. The summed E-state index contributed by atoms with van der Waals surface area (Å²) in [4.78, 5) is 14.3. The Bertz CT molecular complexity index is 468. The zero-order valence-electron chi connectivity index (χ0n) is 12.2. The van der Waals surface area contributed by atoms with Crippen LogP contribution in [0, 0.1) is 13.8 Å². The fourth-order valence-electron chi connectivity index (χ4n) is 2.44. The normalized spacial score (nSPS) is 20.5. The number of hydrogen-bond donors (Lipinski definition) is 2. The summed E-state index contributed by atoms with van der Waals surface area (Å²) in [5.74, 6) is 0.0351. The number of nitrogens with zero attached hydrogens (tertiary/aromatic N) is 3. The van der Waals surface area contributed by atoms with Crippen molar-refractivity contribution in [2.24, 2.45) is 7.05 Å². The highest BCUT2D eigenvalue weighted by Gasteiger charge is 2.21. The smallest absolute Gasteiger partial charge is 0.238 e. The number of anilines is 1. The van der Waals surface area contributed by atoms with Crippen molar-refractivity contribution in [2.75, 3.05) is 31.5 Å². The van der Waals surface area contributed by atoms with E-state index in [1.807, 2.05) is 20.9 Å². The molecule has 0 spiro atoms. The summed E-state index contributed by atoms with van der Waals surface area (Å²) in [6.45, 7) is 9.26. The molecule has 1 aromatic rings. The highest BCUT2D eigenvalue weighted by Crippen LogP contribution is 2.18. The van der Waals surface area contributed by atoms with Crippen LogP contribution in [0.25, 0.3) is 0 Å². The lowest BCUT2D eigenvalue weighted by Gasteiger charge is -2.33. The average molecular weight is 265 g/mol. The first kappa shape index (κ1) is 14.0. The van der Waals surface area contributed by atoms with Gasteiger partial charge in [0.05, 0.1) is 23.6 Å². The minimum atomic E-state index is 0.0351. The molecule has 2 heterocycles. The van der Waals surface area contributed by atoms with Crippen molar-refractivity contribution >= 4 is 11.6 Å². The monoisotopic (exact) mass is 265 g/mol. The molecule has 0 radical (unpaired) electrons. The second-order valence-electron chi connectivity index (χ2n) is 5.24. The molecule has 19 heavy (non-hydrogen) atoms. The first-order valence-corrected chi connectivity index (χ1v) is 6.74. The molecule has 2 rings (SSSR count). The number of rotatable bonds is 3. The maximum atomic E-state index is 12.1. The van der Waals surface area contributed by atoms with Gasteiger partial charge in [0.1, 0.15) is 0 Å². The summed E-state index contributed by atoms with van der Waals surface area (Å²) >= 11 is 0. The lowest BCUT2D eigenvalue weighted by Crippen LogP contribution is -2.52. The molecule has 6 heteroatoms. The Morgan fingerprint density at radius 2 is 2.26 bits per heavy atom. The molecule has 1 unspecified atom stereocenters. The number of aromatic nitrogens is 2. The summed E-state index contributed by atoms with van der Waals surface area (Å²) < 4.78 is 1.79. The SMILES string of the molecule is Cc1nn(C)c(C)c1NC(=O)CN1CCNCC1C. The second kappa shape index (κ2) is 5.71.